The zero-order valence-electron chi connectivity index (χ0n) is 11.0. The number of hydrogen-bond donors (Lipinski definition) is 4. The molecule has 1 heterocycles. The summed E-state index contributed by atoms with van der Waals surface area (Å²) >= 11 is 15.2. The summed E-state index contributed by atoms with van der Waals surface area (Å²) in [4.78, 5) is 36.8. The molecule has 0 bridgehead atoms. The molecular formula is C13H7BrCl2N2O5. The van der Waals surface area contributed by atoms with Gasteiger partial charge in [-0.2, -0.15) is 0 Å². The average Bonchev–Trinajstić information content (AvgIpc) is 2.43. The van der Waals surface area contributed by atoms with Gasteiger partial charge in [-0.05, 0) is 22.0 Å². The second-order valence-electron chi connectivity index (χ2n) is 4.33. The third-order valence-electron chi connectivity index (χ3n) is 2.98. The molecule has 23 heavy (non-hydrogen) atoms. The lowest BCUT2D eigenvalue weighted by atomic mass is 9.95. The Labute approximate surface area is 146 Å². The number of nitrogens with one attached hydrogen (secondary N) is 1. The molecule has 120 valence electrons. The number of halogens is 3. The van der Waals surface area contributed by atoms with Crippen molar-refractivity contribution < 1.29 is 19.8 Å². The monoisotopic (exact) mass is 420 g/mol. The summed E-state index contributed by atoms with van der Waals surface area (Å²) in [6, 6.07) is 2.78. The van der Waals surface area contributed by atoms with E-state index in [9.17, 15) is 24.6 Å². The molecule has 0 atom stereocenters. The van der Waals surface area contributed by atoms with E-state index < -0.39 is 40.0 Å². The number of rotatable bonds is 3. The number of anilines is 1. The smallest absolute Gasteiger partial charge is 0.342 e. The van der Waals surface area contributed by atoms with Crippen molar-refractivity contribution in [3.8, 4) is 11.1 Å². The lowest BCUT2D eigenvalue weighted by Crippen LogP contribution is -2.24. The molecule has 0 unspecified atom stereocenters. The van der Waals surface area contributed by atoms with Crippen LogP contribution in [0.3, 0.4) is 0 Å². The van der Waals surface area contributed by atoms with Crippen molar-refractivity contribution in [2.24, 2.45) is 0 Å². The first kappa shape index (κ1) is 17.3. The third-order valence-corrected chi connectivity index (χ3v) is 4.75. The number of hydrogen-bond acceptors (Lipinski definition) is 4. The van der Waals surface area contributed by atoms with Crippen LogP contribution in [0, 0.1) is 0 Å². The van der Waals surface area contributed by atoms with E-state index in [-0.39, 0.29) is 15.6 Å². The first-order valence-corrected chi connectivity index (χ1v) is 7.37. The van der Waals surface area contributed by atoms with Gasteiger partial charge in [0.15, 0.2) is 0 Å². The highest BCUT2D eigenvalue weighted by Gasteiger charge is 2.28. The number of benzene rings is 1. The summed E-state index contributed by atoms with van der Waals surface area (Å²) in [6.07, 6.45) is 0. The maximum Gasteiger partial charge on any atom is 0.342 e. The Morgan fingerprint density at radius 1 is 1.09 bits per heavy atom. The topological polar surface area (TPSA) is 133 Å². The number of aromatic nitrogens is 1. The summed E-state index contributed by atoms with van der Waals surface area (Å²) in [7, 11) is 0. The van der Waals surface area contributed by atoms with Crippen molar-refractivity contribution in [2.45, 2.75) is 0 Å². The number of pyridine rings is 1. The van der Waals surface area contributed by atoms with Crippen molar-refractivity contribution in [1.82, 2.24) is 4.98 Å². The molecule has 0 amide bonds. The van der Waals surface area contributed by atoms with Gasteiger partial charge in [-0.1, -0.05) is 29.3 Å². The van der Waals surface area contributed by atoms with Crippen molar-refractivity contribution in [3.63, 3.8) is 0 Å². The SMILES string of the molecule is Nc1[nH]c(=O)c(C(=O)O)c(-c2ccc(Br)c(Cl)c2Cl)c1C(=O)O. The highest BCUT2D eigenvalue weighted by Crippen LogP contribution is 2.40. The van der Waals surface area contributed by atoms with Gasteiger partial charge in [0.05, 0.1) is 10.0 Å². The molecular weight excluding hydrogens is 415 g/mol. The fourth-order valence-corrected chi connectivity index (χ4v) is 2.90. The Kier molecular flexibility index (Phi) is 4.69. The largest absolute Gasteiger partial charge is 0.478 e. The van der Waals surface area contributed by atoms with E-state index in [1.54, 1.807) is 0 Å². The van der Waals surface area contributed by atoms with Crippen LogP contribution in [-0.2, 0) is 0 Å². The average molecular weight is 422 g/mol. The number of nitrogens with two attached hydrogens (primary N) is 1. The maximum absolute atomic E-state index is 11.9. The number of carbonyl (C=O) groups is 2. The van der Waals surface area contributed by atoms with Crippen LogP contribution in [0.5, 0.6) is 0 Å². The van der Waals surface area contributed by atoms with Gasteiger partial charge in [-0.25, -0.2) is 9.59 Å². The minimum absolute atomic E-state index is 0.0348. The molecule has 0 aliphatic carbocycles. The van der Waals surface area contributed by atoms with Crippen LogP contribution < -0.4 is 11.3 Å². The Morgan fingerprint density at radius 2 is 1.65 bits per heavy atom. The van der Waals surface area contributed by atoms with Crippen LogP contribution in [0.1, 0.15) is 20.7 Å². The van der Waals surface area contributed by atoms with Gasteiger partial charge in [0.2, 0.25) is 0 Å². The van der Waals surface area contributed by atoms with Crippen LogP contribution in [0.15, 0.2) is 21.4 Å². The molecule has 2 rings (SSSR count). The van der Waals surface area contributed by atoms with E-state index in [1.807, 2.05) is 4.98 Å². The van der Waals surface area contributed by atoms with Crippen molar-refractivity contribution in [2.75, 3.05) is 5.73 Å². The molecule has 1 aromatic heterocycles. The van der Waals surface area contributed by atoms with Crippen molar-refractivity contribution in [3.05, 3.63) is 48.1 Å². The van der Waals surface area contributed by atoms with Crippen LogP contribution in [0.2, 0.25) is 10.0 Å². The van der Waals surface area contributed by atoms with Crippen LogP contribution in [0.25, 0.3) is 11.1 Å². The zero-order chi connectivity index (χ0) is 17.5. The summed E-state index contributed by atoms with van der Waals surface area (Å²) in [6.45, 7) is 0. The second kappa shape index (κ2) is 6.23. The Bertz CT molecular complexity index is 910. The summed E-state index contributed by atoms with van der Waals surface area (Å²) in [5.41, 5.74) is 2.66. The van der Waals surface area contributed by atoms with Crippen LogP contribution in [0.4, 0.5) is 5.82 Å². The minimum atomic E-state index is -1.63. The molecule has 0 aliphatic heterocycles. The molecule has 0 saturated heterocycles. The van der Waals surface area contributed by atoms with E-state index in [0.717, 1.165) is 0 Å². The first-order chi connectivity index (χ1) is 10.7. The number of H-pyrrole nitrogens is 1. The maximum atomic E-state index is 11.9. The van der Waals surface area contributed by atoms with Crippen molar-refractivity contribution in [1.29, 1.82) is 0 Å². The zero-order valence-corrected chi connectivity index (χ0v) is 14.1. The fraction of sp³-hybridized carbons (Fsp3) is 0. The second-order valence-corrected chi connectivity index (χ2v) is 5.94. The van der Waals surface area contributed by atoms with Gasteiger partial charge in [0.1, 0.15) is 16.9 Å². The van der Waals surface area contributed by atoms with E-state index in [1.165, 1.54) is 12.1 Å². The summed E-state index contributed by atoms with van der Waals surface area (Å²) in [5.74, 6) is -3.64. The van der Waals surface area contributed by atoms with Gasteiger partial charge >= 0.3 is 11.9 Å². The molecule has 2 aromatic rings. The van der Waals surface area contributed by atoms with Gasteiger partial charge in [-0.15, -0.1) is 0 Å². The normalized spacial score (nSPS) is 10.6. The number of carboxylic acid groups (broad SMARTS) is 2. The number of aromatic amines is 1. The van der Waals surface area contributed by atoms with Crippen molar-refractivity contribution >= 4 is 56.9 Å². The molecule has 0 aliphatic rings. The molecule has 0 saturated carbocycles. The molecule has 7 nitrogen and oxygen atoms in total. The lowest BCUT2D eigenvalue weighted by molar-refractivity contribution is 0.0695. The summed E-state index contributed by atoms with van der Waals surface area (Å²) in [5, 5.41) is 18.5. The summed E-state index contributed by atoms with van der Waals surface area (Å²) < 4.78 is 0.416. The molecule has 1 aromatic carbocycles. The van der Waals surface area contributed by atoms with E-state index >= 15 is 0 Å². The molecule has 0 fully saturated rings. The standard InChI is InChI=1S/C13H7BrCl2N2O5/c14-4-2-1-3(8(15)9(4)16)5-6(12(20)21)10(17)18-11(19)7(5)13(22)23/h1-2H,(H,20,21)(H,22,23)(H3,17,18,19). The predicted molar refractivity (Wildman–Crippen MR) is 88.5 cm³/mol. The van der Waals surface area contributed by atoms with Gasteiger partial charge < -0.3 is 20.9 Å². The number of carboxylic acids is 2. The van der Waals surface area contributed by atoms with E-state index in [2.05, 4.69) is 15.9 Å². The highest BCUT2D eigenvalue weighted by atomic mass is 79.9. The van der Waals surface area contributed by atoms with E-state index in [4.69, 9.17) is 28.9 Å². The third kappa shape index (κ3) is 2.92. The lowest BCUT2D eigenvalue weighted by Gasteiger charge is -2.14. The molecule has 10 heteroatoms. The fourth-order valence-electron chi connectivity index (χ4n) is 2.04. The van der Waals surface area contributed by atoms with Gasteiger partial charge in [0, 0.05) is 15.6 Å². The molecule has 0 spiro atoms. The van der Waals surface area contributed by atoms with Crippen LogP contribution in [-0.4, -0.2) is 27.1 Å². The Balaban J connectivity index is 3.07. The van der Waals surface area contributed by atoms with E-state index in [0.29, 0.717) is 4.47 Å². The van der Waals surface area contributed by atoms with Gasteiger partial charge in [0.25, 0.3) is 5.56 Å². The quantitative estimate of drug-likeness (QED) is 0.562. The minimum Gasteiger partial charge on any atom is -0.478 e. The Hall–Kier alpha value is -2.03. The molecule has 5 N–H and O–H groups in total. The highest BCUT2D eigenvalue weighted by molar-refractivity contribution is 9.10. The van der Waals surface area contributed by atoms with Crippen LogP contribution >= 0.6 is 39.1 Å². The number of aromatic carboxylic acids is 2. The predicted octanol–water partition coefficient (Wildman–Crippen LogP) is 3.09. The number of nitrogen functional groups attached to an aromatic ring is 1. The Morgan fingerprint density at radius 3 is 2.17 bits per heavy atom. The first-order valence-electron chi connectivity index (χ1n) is 5.83. The van der Waals surface area contributed by atoms with Gasteiger partial charge in [-0.3, -0.25) is 4.79 Å². The molecule has 0 radical (unpaired) electrons.